The Morgan fingerprint density at radius 2 is 1.88 bits per heavy atom. The Bertz CT molecular complexity index is 189. The van der Waals surface area contributed by atoms with Gasteiger partial charge in [-0.25, -0.2) is 0 Å². The van der Waals surface area contributed by atoms with Gasteiger partial charge in [-0.15, -0.1) is 0 Å². The van der Waals surface area contributed by atoms with E-state index < -0.39 is 0 Å². The van der Waals surface area contributed by atoms with Crippen molar-refractivity contribution in [2.75, 3.05) is 13.7 Å². The van der Waals surface area contributed by atoms with E-state index in [2.05, 4.69) is 33.1 Å². The molecule has 2 unspecified atom stereocenters. The van der Waals surface area contributed by atoms with Gasteiger partial charge < -0.3 is 10.1 Å². The van der Waals surface area contributed by atoms with Crippen molar-refractivity contribution in [3.8, 4) is 0 Å². The van der Waals surface area contributed by atoms with Crippen LogP contribution in [0.25, 0.3) is 0 Å². The third-order valence-electron chi connectivity index (χ3n) is 4.52. The first-order valence-corrected chi connectivity index (χ1v) is 7.04. The lowest BCUT2D eigenvalue weighted by Crippen LogP contribution is -2.62. The Kier molecular flexibility index (Phi) is 5.77. The largest absolute Gasteiger partial charge is 0.378 e. The van der Waals surface area contributed by atoms with Crippen LogP contribution in [0.3, 0.4) is 0 Å². The van der Waals surface area contributed by atoms with Gasteiger partial charge in [-0.05, 0) is 32.7 Å². The summed E-state index contributed by atoms with van der Waals surface area (Å²) in [5.41, 5.74) is 0.404. The molecular weight excluding hydrogens is 198 g/mol. The summed E-state index contributed by atoms with van der Waals surface area (Å²) >= 11 is 0. The molecule has 2 heteroatoms. The van der Waals surface area contributed by atoms with Crippen molar-refractivity contribution in [1.29, 1.82) is 0 Å². The molecule has 1 aliphatic rings. The molecule has 1 rings (SSSR count). The Morgan fingerprint density at radius 1 is 1.19 bits per heavy atom. The van der Waals surface area contributed by atoms with Gasteiger partial charge >= 0.3 is 0 Å². The maximum absolute atomic E-state index is 6.07. The molecule has 2 nitrogen and oxygen atoms in total. The van der Waals surface area contributed by atoms with E-state index in [1.54, 1.807) is 0 Å². The number of nitrogens with one attached hydrogen (secondary N) is 1. The second kappa shape index (κ2) is 6.61. The minimum Gasteiger partial charge on any atom is -0.378 e. The minimum atomic E-state index is 0.404. The van der Waals surface area contributed by atoms with Crippen molar-refractivity contribution in [2.45, 2.75) is 71.4 Å². The lowest BCUT2D eigenvalue weighted by atomic mass is 9.58. The highest BCUT2D eigenvalue weighted by atomic mass is 16.5. The Balaban J connectivity index is 2.37. The monoisotopic (exact) mass is 227 g/mol. The van der Waals surface area contributed by atoms with Crippen LogP contribution in [0.5, 0.6) is 0 Å². The summed E-state index contributed by atoms with van der Waals surface area (Å²) in [6.07, 6.45) is 7.95. The molecular formula is C14H29NO. The molecule has 1 saturated carbocycles. The molecule has 0 spiro atoms. The first-order valence-electron chi connectivity index (χ1n) is 7.04. The van der Waals surface area contributed by atoms with Crippen LogP contribution in [0.1, 0.15) is 59.3 Å². The molecule has 1 fully saturated rings. The van der Waals surface area contributed by atoms with Gasteiger partial charge in [0, 0.05) is 18.1 Å². The maximum Gasteiger partial charge on any atom is 0.0661 e. The van der Waals surface area contributed by atoms with Crippen LogP contribution < -0.4 is 5.32 Å². The fourth-order valence-corrected chi connectivity index (χ4v) is 3.16. The average molecular weight is 227 g/mol. The second-order valence-electron chi connectivity index (χ2n) is 5.08. The first-order chi connectivity index (χ1) is 7.75. The Labute approximate surface area is 101 Å². The zero-order valence-corrected chi connectivity index (χ0v) is 11.5. The van der Waals surface area contributed by atoms with Crippen LogP contribution in [-0.4, -0.2) is 25.8 Å². The van der Waals surface area contributed by atoms with E-state index in [4.69, 9.17) is 4.74 Å². The van der Waals surface area contributed by atoms with E-state index in [9.17, 15) is 0 Å². The molecule has 0 bridgehead atoms. The molecule has 1 aliphatic carbocycles. The van der Waals surface area contributed by atoms with Gasteiger partial charge in [0.25, 0.3) is 0 Å². The fourth-order valence-electron chi connectivity index (χ4n) is 3.16. The zero-order chi connectivity index (χ0) is 12.0. The van der Waals surface area contributed by atoms with Gasteiger partial charge in [-0.1, -0.05) is 33.6 Å². The summed E-state index contributed by atoms with van der Waals surface area (Å²) in [6, 6.07) is 0.665. The highest BCUT2D eigenvalue weighted by Gasteiger charge is 2.52. The quantitative estimate of drug-likeness (QED) is 0.642. The van der Waals surface area contributed by atoms with Gasteiger partial charge in [-0.2, -0.15) is 0 Å². The average Bonchev–Trinajstić information content (AvgIpc) is 2.29. The lowest BCUT2D eigenvalue weighted by Gasteiger charge is -2.55. The normalized spacial score (nSPS) is 27.8. The molecule has 0 aliphatic heterocycles. The van der Waals surface area contributed by atoms with Crippen molar-refractivity contribution < 1.29 is 4.74 Å². The number of rotatable bonds is 8. The molecule has 0 radical (unpaired) electrons. The first kappa shape index (κ1) is 14.0. The summed E-state index contributed by atoms with van der Waals surface area (Å²) in [4.78, 5) is 0. The molecule has 0 aromatic carbocycles. The summed E-state index contributed by atoms with van der Waals surface area (Å²) < 4.78 is 6.07. The molecule has 0 saturated heterocycles. The molecule has 0 aromatic rings. The third-order valence-corrected chi connectivity index (χ3v) is 4.52. The van der Waals surface area contributed by atoms with E-state index in [0.717, 1.165) is 6.61 Å². The molecule has 16 heavy (non-hydrogen) atoms. The Morgan fingerprint density at radius 3 is 2.38 bits per heavy atom. The predicted octanol–water partition coefficient (Wildman–Crippen LogP) is 3.36. The van der Waals surface area contributed by atoms with Crippen LogP contribution in [-0.2, 0) is 4.74 Å². The van der Waals surface area contributed by atoms with E-state index in [1.165, 1.54) is 38.5 Å². The highest BCUT2D eigenvalue weighted by Crippen LogP contribution is 2.48. The smallest absolute Gasteiger partial charge is 0.0661 e. The zero-order valence-electron chi connectivity index (χ0n) is 11.5. The number of ether oxygens (including phenoxy) is 1. The lowest BCUT2D eigenvalue weighted by molar-refractivity contribution is -0.139. The number of hydrogen-bond donors (Lipinski definition) is 1. The van der Waals surface area contributed by atoms with Gasteiger partial charge in [0.1, 0.15) is 0 Å². The molecule has 0 amide bonds. The van der Waals surface area contributed by atoms with Crippen molar-refractivity contribution in [2.24, 2.45) is 5.41 Å². The molecule has 1 N–H and O–H groups in total. The topological polar surface area (TPSA) is 21.3 Å². The summed E-state index contributed by atoms with van der Waals surface area (Å²) in [6.45, 7) is 7.80. The van der Waals surface area contributed by atoms with Crippen molar-refractivity contribution in [3.63, 3.8) is 0 Å². The van der Waals surface area contributed by atoms with Crippen molar-refractivity contribution in [1.82, 2.24) is 5.32 Å². The minimum absolute atomic E-state index is 0.404. The van der Waals surface area contributed by atoms with Gasteiger partial charge in [0.05, 0.1) is 6.10 Å². The van der Waals surface area contributed by atoms with E-state index in [1.807, 2.05) is 0 Å². The maximum atomic E-state index is 6.07. The predicted molar refractivity (Wildman–Crippen MR) is 69.7 cm³/mol. The summed E-state index contributed by atoms with van der Waals surface area (Å²) in [5, 5.41) is 3.45. The van der Waals surface area contributed by atoms with Gasteiger partial charge in [0.15, 0.2) is 0 Å². The van der Waals surface area contributed by atoms with E-state index in [0.29, 0.717) is 17.6 Å². The van der Waals surface area contributed by atoms with Crippen molar-refractivity contribution in [3.05, 3.63) is 0 Å². The van der Waals surface area contributed by atoms with Crippen LogP contribution in [0.4, 0.5) is 0 Å². The highest BCUT2D eigenvalue weighted by molar-refractivity contribution is 5.06. The second-order valence-corrected chi connectivity index (χ2v) is 5.08. The van der Waals surface area contributed by atoms with Crippen LogP contribution in [0, 0.1) is 5.41 Å². The third kappa shape index (κ3) is 2.60. The molecule has 0 aromatic heterocycles. The number of unbranched alkanes of at least 4 members (excludes halogenated alkanes) is 2. The number of hydrogen-bond acceptors (Lipinski definition) is 2. The SMILES string of the molecule is CCCCCOC1CC(NC)C1(CC)CC. The van der Waals surface area contributed by atoms with Crippen molar-refractivity contribution >= 4 is 0 Å². The Hall–Kier alpha value is -0.0800. The van der Waals surface area contributed by atoms with Gasteiger partial charge in [0.2, 0.25) is 0 Å². The van der Waals surface area contributed by atoms with Crippen LogP contribution >= 0.6 is 0 Å². The van der Waals surface area contributed by atoms with Crippen LogP contribution in [0.2, 0.25) is 0 Å². The summed E-state index contributed by atoms with van der Waals surface area (Å²) in [7, 11) is 2.08. The fraction of sp³-hybridized carbons (Fsp3) is 1.00. The van der Waals surface area contributed by atoms with E-state index >= 15 is 0 Å². The van der Waals surface area contributed by atoms with Gasteiger partial charge in [-0.3, -0.25) is 0 Å². The molecule has 96 valence electrons. The molecule has 2 atom stereocenters. The van der Waals surface area contributed by atoms with Crippen LogP contribution in [0.15, 0.2) is 0 Å². The van der Waals surface area contributed by atoms with E-state index in [-0.39, 0.29) is 0 Å². The molecule has 0 heterocycles. The standard InChI is InChI=1S/C14H29NO/c1-5-8-9-10-16-13-11-12(15-4)14(13,6-2)7-3/h12-13,15H,5-11H2,1-4H3. The summed E-state index contributed by atoms with van der Waals surface area (Å²) in [5.74, 6) is 0.